The van der Waals surface area contributed by atoms with Crippen LogP contribution in [0.1, 0.15) is 56.6 Å². The van der Waals surface area contributed by atoms with Gasteiger partial charge in [0.2, 0.25) is 0 Å². The lowest BCUT2D eigenvalue weighted by molar-refractivity contribution is 0.0260. The molecule has 2 saturated heterocycles. The van der Waals surface area contributed by atoms with Crippen LogP contribution in [0.2, 0.25) is 0 Å². The minimum atomic E-state index is -0.266. The highest BCUT2D eigenvalue weighted by molar-refractivity contribution is 5.89. The third kappa shape index (κ3) is 3.02. The average molecular weight is 329 g/mol. The first-order valence-corrected chi connectivity index (χ1v) is 9.31. The van der Waals surface area contributed by atoms with Crippen molar-refractivity contribution in [3.8, 4) is 0 Å². The van der Waals surface area contributed by atoms with Gasteiger partial charge in [-0.05, 0) is 64.3 Å². The van der Waals surface area contributed by atoms with Crippen molar-refractivity contribution < 1.29 is 9.53 Å². The molecule has 4 rings (SSSR count). The number of pyridine rings is 1. The molecule has 2 aliphatic heterocycles. The van der Waals surface area contributed by atoms with E-state index < -0.39 is 0 Å². The van der Waals surface area contributed by atoms with Gasteiger partial charge in [-0.2, -0.15) is 0 Å². The molecule has 1 aromatic rings. The molecule has 3 fully saturated rings. The van der Waals surface area contributed by atoms with Gasteiger partial charge < -0.3 is 9.64 Å². The lowest BCUT2D eigenvalue weighted by Crippen LogP contribution is -2.36. The summed E-state index contributed by atoms with van der Waals surface area (Å²) in [5, 5.41) is 0. The van der Waals surface area contributed by atoms with Crippen molar-refractivity contribution in [3.63, 3.8) is 0 Å². The number of ether oxygens (including phenoxy) is 1. The first-order chi connectivity index (χ1) is 11.7. The van der Waals surface area contributed by atoms with Crippen molar-refractivity contribution in [2.45, 2.75) is 56.5 Å². The fourth-order valence-corrected chi connectivity index (χ4v) is 4.48. The number of aromatic nitrogens is 1. The molecule has 5 heteroatoms. The molecule has 0 radical (unpaired) electrons. The van der Waals surface area contributed by atoms with Crippen molar-refractivity contribution in [1.82, 2.24) is 9.88 Å². The van der Waals surface area contributed by atoms with E-state index in [9.17, 15) is 4.79 Å². The van der Waals surface area contributed by atoms with Gasteiger partial charge >= 0.3 is 6.09 Å². The van der Waals surface area contributed by atoms with Crippen molar-refractivity contribution in [2.24, 2.45) is 0 Å². The normalized spacial score (nSPS) is 27.5. The van der Waals surface area contributed by atoms with Gasteiger partial charge in [-0.25, -0.2) is 9.78 Å². The molecule has 1 amide bonds. The Labute approximate surface area is 144 Å². The SMILES string of the molecule is CN1CCC[C@@H](c2cccc(N3CC4(CCCCC4)OC3=O)n2)C1. The third-order valence-electron chi connectivity index (χ3n) is 5.81. The third-order valence-corrected chi connectivity index (χ3v) is 5.81. The maximum absolute atomic E-state index is 12.4. The van der Waals surface area contributed by atoms with E-state index in [1.807, 2.05) is 12.1 Å². The van der Waals surface area contributed by atoms with Gasteiger partial charge in [-0.3, -0.25) is 4.90 Å². The van der Waals surface area contributed by atoms with Gasteiger partial charge in [0.05, 0.1) is 6.54 Å². The zero-order valence-electron chi connectivity index (χ0n) is 14.5. The van der Waals surface area contributed by atoms with E-state index in [0.29, 0.717) is 12.5 Å². The number of piperidine rings is 1. The fraction of sp³-hybridized carbons (Fsp3) is 0.684. The fourth-order valence-electron chi connectivity index (χ4n) is 4.48. The van der Waals surface area contributed by atoms with E-state index in [-0.39, 0.29) is 11.7 Å². The number of nitrogens with zero attached hydrogens (tertiary/aromatic N) is 3. The van der Waals surface area contributed by atoms with Crippen LogP contribution in [0.15, 0.2) is 18.2 Å². The van der Waals surface area contributed by atoms with Crippen molar-refractivity contribution in [2.75, 3.05) is 31.6 Å². The minimum Gasteiger partial charge on any atom is -0.441 e. The van der Waals surface area contributed by atoms with Crippen LogP contribution in [0.5, 0.6) is 0 Å². The summed E-state index contributed by atoms with van der Waals surface area (Å²) in [4.78, 5) is 21.4. The summed E-state index contributed by atoms with van der Waals surface area (Å²) in [7, 11) is 2.17. The lowest BCUT2D eigenvalue weighted by atomic mass is 9.85. The molecule has 1 aromatic heterocycles. The second-order valence-electron chi connectivity index (χ2n) is 7.72. The van der Waals surface area contributed by atoms with Gasteiger partial charge in [0.1, 0.15) is 11.4 Å². The van der Waals surface area contributed by atoms with Crippen LogP contribution in [0.25, 0.3) is 0 Å². The Bertz CT molecular complexity index is 612. The summed E-state index contributed by atoms with van der Waals surface area (Å²) in [6, 6.07) is 6.08. The second-order valence-corrected chi connectivity index (χ2v) is 7.72. The maximum Gasteiger partial charge on any atom is 0.416 e. The first kappa shape index (κ1) is 15.9. The number of carbonyl (C=O) groups excluding carboxylic acids is 1. The highest BCUT2D eigenvalue weighted by Gasteiger charge is 2.46. The zero-order valence-corrected chi connectivity index (χ0v) is 14.5. The largest absolute Gasteiger partial charge is 0.441 e. The second kappa shape index (κ2) is 6.36. The molecule has 0 bridgehead atoms. The van der Waals surface area contributed by atoms with Gasteiger partial charge in [0, 0.05) is 18.2 Å². The van der Waals surface area contributed by atoms with E-state index in [0.717, 1.165) is 50.3 Å². The Balaban J connectivity index is 1.54. The number of carbonyl (C=O) groups is 1. The average Bonchev–Trinajstić information content (AvgIpc) is 2.91. The van der Waals surface area contributed by atoms with Crippen LogP contribution in [0.4, 0.5) is 10.6 Å². The molecule has 5 nitrogen and oxygen atoms in total. The summed E-state index contributed by atoms with van der Waals surface area (Å²) < 4.78 is 5.80. The topological polar surface area (TPSA) is 45.7 Å². The molecular formula is C19H27N3O2. The molecule has 130 valence electrons. The van der Waals surface area contributed by atoms with Crippen LogP contribution >= 0.6 is 0 Å². The van der Waals surface area contributed by atoms with Gasteiger partial charge in [-0.15, -0.1) is 0 Å². The van der Waals surface area contributed by atoms with Crippen LogP contribution in [-0.4, -0.2) is 48.3 Å². The van der Waals surface area contributed by atoms with E-state index in [2.05, 4.69) is 18.0 Å². The number of likely N-dealkylation sites (tertiary alicyclic amines) is 1. The Morgan fingerprint density at radius 2 is 2.04 bits per heavy atom. The smallest absolute Gasteiger partial charge is 0.416 e. The standard InChI is InChI=1S/C19H27N3O2/c1-21-12-6-7-15(13-21)16-8-5-9-17(20-16)22-14-19(24-18(22)23)10-3-2-4-11-19/h5,8-9,15H,2-4,6-7,10-14H2,1H3/t15-/m1/s1. The van der Waals surface area contributed by atoms with E-state index in [1.165, 1.54) is 19.3 Å². The minimum absolute atomic E-state index is 0.220. The van der Waals surface area contributed by atoms with Gasteiger partial charge in [0.25, 0.3) is 0 Å². The van der Waals surface area contributed by atoms with Crippen molar-refractivity contribution in [1.29, 1.82) is 0 Å². The first-order valence-electron chi connectivity index (χ1n) is 9.31. The quantitative estimate of drug-likeness (QED) is 0.832. The Kier molecular flexibility index (Phi) is 4.21. The molecule has 3 heterocycles. The molecule has 24 heavy (non-hydrogen) atoms. The number of hydrogen-bond acceptors (Lipinski definition) is 4. The molecule has 1 aliphatic carbocycles. The Hall–Kier alpha value is -1.62. The van der Waals surface area contributed by atoms with Crippen LogP contribution < -0.4 is 4.90 Å². The number of anilines is 1. The zero-order chi connectivity index (χ0) is 16.6. The number of amides is 1. The number of rotatable bonds is 2. The van der Waals surface area contributed by atoms with Crippen LogP contribution in [-0.2, 0) is 4.74 Å². The van der Waals surface area contributed by atoms with Gasteiger partial charge in [-0.1, -0.05) is 12.5 Å². The molecule has 3 aliphatic rings. The highest BCUT2D eigenvalue weighted by Crippen LogP contribution is 2.38. The predicted octanol–water partition coefficient (Wildman–Crippen LogP) is 3.55. The Morgan fingerprint density at radius 3 is 2.83 bits per heavy atom. The highest BCUT2D eigenvalue weighted by atomic mass is 16.6. The number of likely N-dealkylation sites (N-methyl/N-ethyl adjacent to an activating group) is 1. The predicted molar refractivity (Wildman–Crippen MR) is 93.4 cm³/mol. The molecule has 1 saturated carbocycles. The summed E-state index contributed by atoms with van der Waals surface area (Å²) in [6.45, 7) is 2.87. The van der Waals surface area contributed by atoms with E-state index in [1.54, 1.807) is 4.90 Å². The monoisotopic (exact) mass is 329 g/mol. The number of hydrogen-bond donors (Lipinski definition) is 0. The van der Waals surface area contributed by atoms with Gasteiger partial charge in [0.15, 0.2) is 0 Å². The Morgan fingerprint density at radius 1 is 1.21 bits per heavy atom. The summed E-state index contributed by atoms with van der Waals surface area (Å²) in [5.74, 6) is 1.22. The van der Waals surface area contributed by atoms with Crippen molar-refractivity contribution in [3.05, 3.63) is 23.9 Å². The van der Waals surface area contributed by atoms with Crippen molar-refractivity contribution >= 4 is 11.9 Å². The van der Waals surface area contributed by atoms with Crippen LogP contribution in [0, 0.1) is 0 Å². The molecule has 1 atom stereocenters. The molecule has 0 aromatic carbocycles. The van der Waals surface area contributed by atoms with E-state index in [4.69, 9.17) is 9.72 Å². The maximum atomic E-state index is 12.4. The molecule has 0 unspecified atom stereocenters. The molecule has 1 spiro atoms. The summed E-state index contributed by atoms with van der Waals surface area (Å²) in [6.07, 6.45) is 7.71. The van der Waals surface area contributed by atoms with Crippen LogP contribution in [0.3, 0.4) is 0 Å². The molecule has 0 N–H and O–H groups in total. The summed E-state index contributed by atoms with van der Waals surface area (Å²) >= 11 is 0. The molecular weight excluding hydrogens is 302 g/mol. The lowest BCUT2D eigenvalue weighted by Gasteiger charge is -2.31. The summed E-state index contributed by atoms with van der Waals surface area (Å²) in [5.41, 5.74) is 0.842. The van der Waals surface area contributed by atoms with E-state index >= 15 is 0 Å².